The quantitative estimate of drug-likeness (QED) is 0.477. The Hall–Kier alpha value is -2.71. The summed E-state index contributed by atoms with van der Waals surface area (Å²) in [5, 5.41) is 23.2. The van der Waals surface area contributed by atoms with Gasteiger partial charge in [-0.25, -0.2) is 4.98 Å². The number of phenols is 1. The van der Waals surface area contributed by atoms with Crippen molar-refractivity contribution < 1.29 is 24.5 Å². The summed E-state index contributed by atoms with van der Waals surface area (Å²) in [5.41, 5.74) is 1.97. The number of amides is 1. The lowest BCUT2D eigenvalue weighted by Crippen LogP contribution is -2.37. The monoisotopic (exact) mass is 526 g/mol. The number of aliphatic hydroxyl groups is 1. The van der Waals surface area contributed by atoms with Gasteiger partial charge in [0.2, 0.25) is 5.78 Å². The zero-order chi connectivity index (χ0) is 27.4. The van der Waals surface area contributed by atoms with Crippen LogP contribution in [0.15, 0.2) is 23.5 Å². The Bertz CT molecular complexity index is 1240. The number of ether oxygens (including phenoxy) is 1. The van der Waals surface area contributed by atoms with E-state index in [1.54, 1.807) is 11.8 Å². The van der Waals surface area contributed by atoms with E-state index in [4.69, 9.17) is 4.74 Å². The van der Waals surface area contributed by atoms with E-state index in [1.807, 2.05) is 60.6 Å². The van der Waals surface area contributed by atoms with Crippen LogP contribution in [-0.4, -0.2) is 51.0 Å². The Balaban J connectivity index is 1.95. The summed E-state index contributed by atoms with van der Waals surface area (Å²) in [6.45, 7) is 16.6. The Morgan fingerprint density at radius 2 is 1.70 bits per heavy atom. The van der Waals surface area contributed by atoms with Gasteiger partial charge < -0.3 is 19.8 Å². The number of phenolic OH excluding ortho intramolecular Hbond substituents is 1. The van der Waals surface area contributed by atoms with Crippen LogP contribution in [0.2, 0.25) is 0 Å². The fourth-order valence-electron chi connectivity index (χ4n) is 5.25. The summed E-state index contributed by atoms with van der Waals surface area (Å²) in [7, 11) is 0. The van der Waals surface area contributed by atoms with Crippen LogP contribution < -0.4 is 0 Å². The number of aromatic hydroxyl groups is 1. The van der Waals surface area contributed by atoms with E-state index < -0.39 is 34.3 Å². The van der Waals surface area contributed by atoms with Crippen LogP contribution >= 0.6 is 11.3 Å². The lowest BCUT2D eigenvalue weighted by atomic mass is 9.77. The molecule has 8 heteroatoms. The van der Waals surface area contributed by atoms with E-state index in [9.17, 15) is 19.8 Å². The Kier molecular flexibility index (Phi) is 7.05. The van der Waals surface area contributed by atoms with E-state index in [0.717, 1.165) is 29.0 Å². The van der Waals surface area contributed by atoms with Crippen molar-refractivity contribution in [2.45, 2.75) is 91.2 Å². The average Bonchev–Trinajstić information content (AvgIpc) is 3.47. The third-order valence-electron chi connectivity index (χ3n) is 7.15. The molecule has 2 aliphatic heterocycles. The van der Waals surface area contributed by atoms with Gasteiger partial charge in [-0.2, -0.15) is 0 Å². The van der Waals surface area contributed by atoms with Gasteiger partial charge in [-0.05, 0) is 66.3 Å². The molecule has 0 bridgehead atoms. The molecule has 1 fully saturated rings. The summed E-state index contributed by atoms with van der Waals surface area (Å²) >= 11 is 1.26. The van der Waals surface area contributed by atoms with Gasteiger partial charge in [0.25, 0.3) is 5.91 Å². The first kappa shape index (κ1) is 27.3. The second kappa shape index (κ2) is 9.55. The molecule has 1 aromatic heterocycles. The standard InChI is InChI=1S/C29H38N2O5S/c1-15-26(37-16(2)30-15)24(33)21-22(31(27(35)25(21)34)14-18-10-9-11-36-18)17-12-19(28(3,4)5)23(32)20(13-17)29(6,7)8/h12-13,18,22,32,34H,9-11,14H2,1-8H3. The smallest absolute Gasteiger partial charge is 0.290 e. The molecule has 3 heterocycles. The summed E-state index contributed by atoms with van der Waals surface area (Å²) in [5.74, 6) is -1.28. The topological polar surface area (TPSA) is 100.0 Å². The van der Waals surface area contributed by atoms with E-state index >= 15 is 0 Å². The second-order valence-electron chi connectivity index (χ2n) is 12.2. The predicted molar refractivity (Wildman–Crippen MR) is 145 cm³/mol. The number of ketones is 1. The normalized spacial score (nSPS) is 20.9. The molecule has 2 aromatic rings. The molecule has 37 heavy (non-hydrogen) atoms. The predicted octanol–water partition coefficient (Wildman–Crippen LogP) is 5.82. The van der Waals surface area contributed by atoms with Gasteiger partial charge in [-0.15, -0.1) is 11.3 Å². The number of aliphatic hydroxyl groups excluding tert-OH is 1. The minimum atomic E-state index is -0.811. The van der Waals surface area contributed by atoms with Gasteiger partial charge in [0.1, 0.15) is 5.75 Å². The first-order chi connectivity index (χ1) is 17.1. The maximum absolute atomic E-state index is 13.9. The van der Waals surface area contributed by atoms with Crippen LogP contribution in [0.25, 0.3) is 0 Å². The van der Waals surface area contributed by atoms with Gasteiger partial charge in [0.05, 0.1) is 33.3 Å². The molecule has 2 N–H and O–H groups in total. The SMILES string of the molecule is Cc1nc(C)c(C(=O)C2=C(O)C(=O)N(CC3CCCO3)C2c2cc(C(C)(C)C)c(O)c(C(C)(C)C)c2)s1. The highest BCUT2D eigenvalue weighted by molar-refractivity contribution is 7.14. The highest BCUT2D eigenvalue weighted by Crippen LogP contribution is 2.46. The number of carbonyl (C=O) groups is 2. The Morgan fingerprint density at radius 3 is 2.16 bits per heavy atom. The van der Waals surface area contributed by atoms with Crippen molar-refractivity contribution >= 4 is 23.0 Å². The third kappa shape index (κ3) is 5.06. The minimum absolute atomic E-state index is 0.0557. The molecule has 0 radical (unpaired) electrons. The highest BCUT2D eigenvalue weighted by atomic mass is 32.1. The molecule has 1 aromatic carbocycles. The molecule has 0 aliphatic carbocycles. The number of aryl methyl sites for hydroxylation is 2. The van der Waals surface area contributed by atoms with E-state index in [0.29, 0.717) is 22.7 Å². The Labute approximate surface area is 223 Å². The van der Waals surface area contributed by atoms with Crippen LogP contribution in [0.3, 0.4) is 0 Å². The van der Waals surface area contributed by atoms with Crippen LogP contribution in [-0.2, 0) is 20.4 Å². The maximum atomic E-state index is 13.9. The van der Waals surface area contributed by atoms with Crippen LogP contribution in [0.4, 0.5) is 0 Å². The first-order valence-electron chi connectivity index (χ1n) is 12.8. The number of benzene rings is 1. The maximum Gasteiger partial charge on any atom is 0.290 e. The summed E-state index contributed by atoms with van der Waals surface area (Å²) < 4.78 is 5.83. The number of thiazole rings is 1. The molecule has 2 atom stereocenters. The Morgan fingerprint density at radius 1 is 1.11 bits per heavy atom. The van der Waals surface area contributed by atoms with Crippen LogP contribution in [0.5, 0.6) is 5.75 Å². The number of Topliss-reactive ketones (excluding diaryl/α,β-unsaturated/α-hetero) is 1. The van der Waals surface area contributed by atoms with Crippen molar-refractivity contribution in [2.24, 2.45) is 0 Å². The van der Waals surface area contributed by atoms with Crippen molar-refractivity contribution in [1.82, 2.24) is 9.88 Å². The molecule has 2 unspecified atom stereocenters. The second-order valence-corrected chi connectivity index (χ2v) is 13.4. The van der Waals surface area contributed by atoms with Crippen LogP contribution in [0, 0.1) is 13.8 Å². The van der Waals surface area contributed by atoms with Crippen molar-refractivity contribution in [3.63, 3.8) is 0 Å². The zero-order valence-electron chi connectivity index (χ0n) is 23.1. The van der Waals surface area contributed by atoms with Crippen molar-refractivity contribution in [3.05, 3.63) is 55.7 Å². The minimum Gasteiger partial charge on any atom is -0.507 e. The van der Waals surface area contributed by atoms with Gasteiger partial charge in [0.15, 0.2) is 5.76 Å². The van der Waals surface area contributed by atoms with Gasteiger partial charge in [0, 0.05) is 13.2 Å². The molecule has 2 aliphatic rings. The fraction of sp³-hybridized carbons (Fsp3) is 0.552. The molecule has 1 amide bonds. The molecule has 0 saturated carbocycles. The number of carbonyl (C=O) groups excluding carboxylic acids is 2. The highest BCUT2D eigenvalue weighted by Gasteiger charge is 2.46. The van der Waals surface area contributed by atoms with E-state index in [2.05, 4.69) is 4.98 Å². The third-order valence-corrected chi connectivity index (χ3v) is 8.22. The molecule has 1 saturated heterocycles. The number of nitrogens with zero attached hydrogens (tertiary/aromatic N) is 2. The van der Waals surface area contributed by atoms with Gasteiger partial charge in [-0.3, -0.25) is 9.59 Å². The van der Waals surface area contributed by atoms with Crippen molar-refractivity contribution in [1.29, 1.82) is 0 Å². The summed E-state index contributed by atoms with van der Waals surface area (Å²) in [6, 6.07) is 2.94. The van der Waals surface area contributed by atoms with Crippen LogP contribution in [0.1, 0.15) is 97.5 Å². The zero-order valence-corrected chi connectivity index (χ0v) is 23.9. The largest absolute Gasteiger partial charge is 0.507 e. The molecule has 0 spiro atoms. The summed E-state index contributed by atoms with van der Waals surface area (Å²) in [4.78, 5) is 33.8. The molecule has 200 valence electrons. The number of hydrogen-bond donors (Lipinski definition) is 2. The van der Waals surface area contributed by atoms with E-state index in [-0.39, 0.29) is 24.0 Å². The van der Waals surface area contributed by atoms with Gasteiger partial charge >= 0.3 is 0 Å². The lowest BCUT2D eigenvalue weighted by Gasteiger charge is -2.33. The summed E-state index contributed by atoms with van der Waals surface area (Å²) in [6.07, 6.45) is 1.55. The number of aromatic nitrogens is 1. The number of rotatable bonds is 5. The fourth-order valence-corrected chi connectivity index (χ4v) is 6.12. The lowest BCUT2D eigenvalue weighted by molar-refractivity contribution is -0.131. The molecular formula is C29H38N2O5S. The van der Waals surface area contributed by atoms with Crippen molar-refractivity contribution in [3.8, 4) is 5.75 Å². The molecular weight excluding hydrogens is 488 g/mol. The average molecular weight is 527 g/mol. The van der Waals surface area contributed by atoms with E-state index in [1.165, 1.54) is 11.3 Å². The van der Waals surface area contributed by atoms with Gasteiger partial charge in [-0.1, -0.05) is 41.5 Å². The molecule has 4 rings (SSSR count). The first-order valence-corrected chi connectivity index (χ1v) is 13.6. The number of hydrogen-bond acceptors (Lipinski definition) is 7. The molecule has 7 nitrogen and oxygen atoms in total. The van der Waals surface area contributed by atoms with Crippen molar-refractivity contribution in [2.75, 3.05) is 13.2 Å².